The maximum absolute atomic E-state index is 12.3. The number of benzene rings is 1. The second kappa shape index (κ2) is 8.22. The molecule has 0 saturated carbocycles. The summed E-state index contributed by atoms with van der Waals surface area (Å²) in [6.07, 6.45) is 1.32. The van der Waals surface area contributed by atoms with Gasteiger partial charge < -0.3 is 15.0 Å². The number of piperidine rings is 1. The summed E-state index contributed by atoms with van der Waals surface area (Å²) in [6, 6.07) is 5.90. The molecule has 1 amide bonds. The molecule has 0 bridgehead atoms. The maximum Gasteiger partial charge on any atom is 0.260 e. The predicted octanol–water partition coefficient (Wildman–Crippen LogP) is 3.75. The van der Waals surface area contributed by atoms with Crippen LogP contribution in [-0.4, -0.2) is 42.1 Å². The van der Waals surface area contributed by atoms with Crippen LogP contribution in [0.1, 0.15) is 33.6 Å². The highest BCUT2D eigenvalue weighted by Gasteiger charge is 2.24. The molecule has 1 saturated heterocycles. The molecule has 1 aliphatic heterocycles. The third kappa shape index (κ3) is 5.00. The molecule has 2 rings (SSSR count). The maximum atomic E-state index is 12.3. The van der Waals surface area contributed by atoms with E-state index in [4.69, 9.17) is 27.9 Å². The van der Waals surface area contributed by atoms with Crippen molar-refractivity contribution >= 4 is 29.1 Å². The molecular formula is C17H24Cl2N2O2. The fourth-order valence-electron chi connectivity index (χ4n) is 2.70. The van der Waals surface area contributed by atoms with Crippen LogP contribution in [-0.2, 0) is 4.79 Å². The van der Waals surface area contributed by atoms with Crippen LogP contribution in [0, 0.1) is 0 Å². The minimum absolute atomic E-state index is 0.121. The van der Waals surface area contributed by atoms with Gasteiger partial charge in [0.2, 0.25) is 0 Å². The van der Waals surface area contributed by atoms with Crippen molar-refractivity contribution in [2.45, 2.75) is 51.8 Å². The molecule has 6 heteroatoms. The first-order chi connectivity index (χ1) is 10.9. The standard InChI is InChI=1S/C17H24Cl2N2O2/c1-11(2)21-9-7-13(8-10-21)20-17(22)12(3)23-15-6-4-5-14(18)16(15)19/h4-6,11-13H,7-10H2,1-3H3,(H,20,22)/t12-/m1/s1. The van der Waals surface area contributed by atoms with E-state index in [0.717, 1.165) is 25.9 Å². The van der Waals surface area contributed by atoms with Crippen molar-refractivity contribution in [3.8, 4) is 5.75 Å². The van der Waals surface area contributed by atoms with E-state index in [0.29, 0.717) is 21.8 Å². The van der Waals surface area contributed by atoms with Crippen molar-refractivity contribution in [2.75, 3.05) is 13.1 Å². The van der Waals surface area contributed by atoms with Gasteiger partial charge in [0.05, 0.1) is 5.02 Å². The van der Waals surface area contributed by atoms with Crippen molar-refractivity contribution in [2.24, 2.45) is 0 Å². The molecule has 23 heavy (non-hydrogen) atoms. The Hall–Kier alpha value is -0.970. The second-order valence-corrected chi connectivity index (χ2v) is 7.01. The van der Waals surface area contributed by atoms with Crippen LogP contribution in [0.4, 0.5) is 0 Å². The Balaban J connectivity index is 1.85. The Morgan fingerprint density at radius 1 is 1.26 bits per heavy atom. The largest absolute Gasteiger partial charge is 0.479 e. The van der Waals surface area contributed by atoms with Gasteiger partial charge in [-0.1, -0.05) is 29.3 Å². The molecule has 1 aromatic carbocycles. The first kappa shape index (κ1) is 18.4. The zero-order chi connectivity index (χ0) is 17.0. The first-order valence-electron chi connectivity index (χ1n) is 8.03. The summed E-state index contributed by atoms with van der Waals surface area (Å²) in [7, 11) is 0. The number of nitrogens with one attached hydrogen (secondary N) is 1. The third-order valence-electron chi connectivity index (χ3n) is 4.20. The fourth-order valence-corrected chi connectivity index (χ4v) is 3.03. The number of carbonyl (C=O) groups excluding carboxylic acids is 1. The minimum atomic E-state index is -0.617. The number of carbonyl (C=O) groups is 1. The predicted molar refractivity (Wildman–Crippen MR) is 94.4 cm³/mol. The fraction of sp³-hybridized carbons (Fsp3) is 0.588. The van der Waals surface area contributed by atoms with Gasteiger partial charge in [0, 0.05) is 25.2 Å². The van der Waals surface area contributed by atoms with E-state index in [2.05, 4.69) is 24.1 Å². The molecule has 0 unspecified atom stereocenters. The Morgan fingerprint density at radius 3 is 2.52 bits per heavy atom. The summed E-state index contributed by atoms with van der Waals surface area (Å²) in [6.45, 7) is 8.14. The number of hydrogen-bond acceptors (Lipinski definition) is 3. The monoisotopic (exact) mass is 358 g/mol. The molecule has 0 radical (unpaired) electrons. The number of likely N-dealkylation sites (tertiary alicyclic amines) is 1. The van der Waals surface area contributed by atoms with Crippen molar-refractivity contribution in [3.05, 3.63) is 28.2 Å². The van der Waals surface area contributed by atoms with Gasteiger partial charge in [0.15, 0.2) is 6.10 Å². The van der Waals surface area contributed by atoms with E-state index in [9.17, 15) is 4.79 Å². The number of rotatable bonds is 5. The highest BCUT2D eigenvalue weighted by Crippen LogP contribution is 2.32. The molecular weight excluding hydrogens is 335 g/mol. The Kier molecular flexibility index (Phi) is 6.57. The third-order valence-corrected chi connectivity index (χ3v) is 5.00. The van der Waals surface area contributed by atoms with E-state index in [1.807, 2.05) is 0 Å². The first-order valence-corrected chi connectivity index (χ1v) is 8.79. The topological polar surface area (TPSA) is 41.6 Å². The molecule has 4 nitrogen and oxygen atoms in total. The van der Waals surface area contributed by atoms with Crippen LogP contribution >= 0.6 is 23.2 Å². The van der Waals surface area contributed by atoms with E-state index in [-0.39, 0.29) is 11.9 Å². The summed E-state index contributed by atoms with van der Waals surface area (Å²) in [5, 5.41) is 3.81. The van der Waals surface area contributed by atoms with Crippen LogP contribution in [0.3, 0.4) is 0 Å². The lowest BCUT2D eigenvalue weighted by Gasteiger charge is -2.35. The highest BCUT2D eigenvalue weighted by atomic mass is 35.5. The van der Waals surface area contributed by atoms with Gasteiger partial charge in [0.1, 0.15) is 10.8 Å². The molecule has 1 aliphatic rings. The number of nitrogens with zero attached hydrogens (tertiary/aromatic N) is 1. The second-order valence-electron chi connectivity index (χ2n) is 6.22. The molecule has 0 aliphatic carbocycles. The van der Waals surface area contributed by atoms with Gasteiger partial charge in [-0.3, -0.25) is 4.79 Å². The summed E-state index contributed by atoms with van der Waals surface area (Å²) in [5.74, 6) is 0.306. The smallest absolute Gasteiger partial charge is 0.260 e. The lowest BCUT2D eigenvalue weighted by molar-refractivity contribution is -0.128. The average Bonchev–Trinajstić information content (AvgIpc) is 2.52. The molecule has 1 fully saturated rings. The Bertz CT molecular complexity index is 543. The van der Waals surface area contributed by atoms with Gasteiger partial charge in [-0.2, -0.15) is 0 Å². The Morgan fingerprint density at radius 2 is 1.91 bits per heavy atom. The quantitative estimate of drug-likeness (QED) is 0.871. The molecule has 1 heterocycles. The zero-order valence-electron chi connectivity index (χ0n) is 13.8. The van der Waals surface area contributed by atoms with E-state index >= 15 is 0 Å². The van der Waals surface area contributed by atoms with Gasteiger partial charge in [-0.05, 0) is 45.7 Å². The molecule has 0 spiro atoms. The summed E-state index contributed by atoms with van der Waals surface area (Å²) < 4.78 is 5.65. The normalized spacial score (nSPS) is 18.0. The van der Waals surface area contributed by atoms with Crippen LogP contribution in [0.25, 0.3) is 0 Å². The van der Waals surface area contributed by atoms with Gasteiger partial charge in [-0.15, -0.1) is 0 Å². The number of ether oxygens (including phenoxy) is 1. The number of hydrogen-bond donors (Lipinski definition) is 1. The zero-order valence-corrected chi connectivity index (χ0v) is 15.3. The molecule has 0 aromatic heterocycles. The van der Waals surface area contributed by atoms with E-state index in [1.165, 1.54) is 0 Å². The molecule has 1 N–H and O–H groups in total. The van der Waals surface area contributed by atoms with Crippen molar-refractivity contribution in [1.82, 2.24) is 10.2 Å². The highest BCUT2D eigenvalue weighted by molar-refractivity contribution is 6.42. The van der Waals surface area contributed by atoms with E-state index < -0.39 is 6.10 Å². The van der Waals surface area contributed by atoms with E-state index in [1.54, 1.807) is 25.1 Å². The molecule has 1 aromatic rings. The SMILES string of the molecule is CC(C)N1CCC(NC(=O)[C@@H](C)Oc2cccc(Cl)c2Cl)CC1. The van der Waals surface area contributed by atoms with Crippen molar-refractivity contribution in [3.63, 3.8) is 0 Å². The van der Waals surface area contributed by atoms with Gasteiger partial charge in [0.25, 0.3) is 5.91 Å². The summed E-state index contributed by atoms with van der Waals surface area (Å²) in [4.78, 5) is 14.7. The number of amides is 1. The van der Waals surface area contributed by atoms with Crippen molar-refractivity contribution in [1.29, 1.82) is 0 Å². The Labute approximate surface area is 148 Å². The molecule has 128 valence electrons. The minimum Gasteiger partial charge on any atom is -0.479 e. The van der Waals surface area contributed by atoms with Crippen LogP contribution in [0.5, 0.6) is 5.75 Å². The van der Waals surface area contributed by atoms with Crippen LogP contribution in [0.2, 0.25) is 10.0 Å². The van der Waals surface area contributed by atoms with Crippen molar-refractivity contribution < 1.29 is 9.53 Å². The van der Waals surface area contributed by atoms with Gasteiger partial charge >= 0.3 is 0 Å². The van der Waals surface area contributed by atoms with Gasteiger partial charge in [-0.25, -0.2) is 0 Å². The summed E-state index contributed by atoms with van der Waals surface area (Å²) in [5.41, 5.74) is 0. The van der Waals surface area contributed by atoms with Crippen LogP contribution < -0.4 is 10.1 Å². The average molecular weight is 359 g/mol. The van der Waals surface area contributed by atoms with Crippen LogP contribution in [0.15, 0.2) is 18.2 Å². The summed E-state index contributed by atoms with van der Waals surface area (Å²) >= 11 is 12.0. The lowest BCUT2D eigenvalue weighted by atomic mass is 10.0. The number of halogens is 2. The molecule has 1 atom stereocenters. The lowest BCUT2D eigenvalue weighted by Crippen LogP contribution is -2.49.